The van der Waals surface area contributed by atoms with E-state index in [1.807, 2.05) is 13.8 Å². The number of hydrogen-bond acceptors (Lipinski definition) is 5. The van der Waals surface area contributed by atoms with E-state index < -0.39 is 6.04 Å². The first-order valence-corrected chi connectivity index (χ1v) is 4.89. The summed E-state index contributed by atoms with van der Waals surface area (Å²) in [4.78, 5) is 30.4. The minimum Gasteiger partial charge on any atom is -0.299 e. The van der Waals surface area contributed by atoms with Gasteiger partial charge < -0.3 is 0 Å². The van der Waals surface area contributed by atoms with Crippen molar-refractivity contribution in [1.82, 2.24) is 0 Å². The van der Waals surface area contributed by atoms with Crippen LogP contribution in [-0.2, 0) is 4.79 Å². The zero-order valence-corrected chi connectivity index (χ0v) is 9.00. The third-order valence-corrected chi connectivity index (χ3v) is 2.47. The summed E-state index contributed by atoms with van der Waals surface area (Å²) in [6.45, 7) is 3.82. The third kappa shape index (κ3) is 5.83. The van der Waals surface area contributed by atoms with Crippen molar-refractivity contribution in [2.75, 3.05) is 6.54 Å². The average molecular weight is 212 g/mol. The van der Waals surface area contributed by atoms with Gasteiger partial charge >= 0.3 is 0 Å². The third-order valence-electron chi connectivity index (χ3n) is 2.47. The van der Waals surface area contributed by atoms with Gasteiger partial charge in [0, 0.05) is 0 Å². The van der Waals surface area contributed by atoms with Crippen LogP contribution in [0.15, 0.2) is 22.5 Å². The quantitative estimate of drug-likeness (QED) is 0.352. The van der Waals surface area contributed by atoms with Crippen LogP contribution in [0.2, 0.25) is 0 Å². The molecule has 0 aromatic heterocycles. The summed E-state index contributed by atoms with van der Waals surface area (Å²) in [6, 6.07) is -0.551. The maximum Gasteiger partial charge on any atom is 0.142 e. The highest BCUT2D eigenvalue weighted by Gasteiger charge is 2.17. The van der Waals surface area contributed by atoms with Crippen LogP contribution in [-0.4, -0.2) is 18.9 Å². The molecule has 0 heterocycles. The fourth-order valence-electron chi connectivity index (χ4n) is 1.29. The molecule has 0 aromatic rings. The second kappa shape index (κ2) is 7.96. The molecule has 84 valence electrons. The SMILES string of the molecule is C[C@@H](/C=C/C=O)[C@@H](C)C[C@@H](CN=O)N=O. The number of nitrogens with zero attached hydrogens (tertiary/aromatic N) is 2. The lowest BCUT2D eigenvalue weighted by Gasteiger charge is -2.17. The molecule has 0 spiro atoms. The molecule has 0 saturated carbocycles. The fourth-order valence-corrected chi connectivity index (χ4v) is 1.29. The predicted molar refractivity (Wildman–Crippen MR) is 58.4 cm³/mol. The second-order valence-electron chi connectivity index (χ2n) is 3.66. The van der Waals surface area contributed by atoms with Crippen LogP contribution in [0.25, 0.3) is 0 Å². The smallest absolute Gasteiger partial charge is 0.142 e. The summed E-state index contributed by atoms with van der Waals surface area (Å²) in [5.74, 6) is 0.358. The molecule has 0 unspecified atom stereocenters. The zero-order chi connectivity index (χ0) is 11.7. The Morgan fingerprint density at radius 3 is 2.40 bits per heavy atom. The molecule has 3 atom stereocenters. The molecule has 0 aliphatic rings. The van der Waals surface area contributed by atoms with E-state index in [9.17, 15) is 14.6 Å². The van der Waals surface area contributed by atoms with Gasteiger partial charge in [-0.2, -0.15) is 9.81 Å². The van der Waals surface area contributed by atoms with E-state index in [0.717, 1.165) is 0 Å². The van der Waals surface area contributed by atoms with Crippen LogP contribution < -0.4 is 0 Å². The zero-order valence-electron chi connectivity index (χ0n) is 9.00. The molecule has 0 saturated heterocycles. The molecule has 0 aliphatic heterocycles. The van der Waals surface area contributed by atoms with Crippen molar-refractivity contribution in [1.29, 1.82) is 0 Å². The Hall–Kier alpha value is -1.39. The fraction of sp³-hybridized carbons (Fsp3) is 0.700. The number of carbonyl (C=O) groups is 1. The Bertz CT molecular complexity index is 241. The molecule has 0 rings (SSSR count). The first kappa shape index (κ1) is 13.6. The molecule has 0 aliphatic carbocycles. The van der Waals surface area contributed by atoms with Crippen molar-refractivity contribution in [3.63, 3.8) is 0 Å². The number of carbonyl (C=O) groups excluding carboxylic acids is 1. The predicted octanol–water partition coefficient (Wildman–Crippen LogP) is 2.31. The molecule has 5 heteroatoms. The summed E-state index contributed by atoms with van der Waals surface area (Å²) >= 11 is 0. The Kier molecular flexibility index (Phi) is 7.23. The van der Waals surface area contributed by atoms with Crippen LogP contribution in [0.5, 0.6) is 0 Å². The van der Waals surface area contributed by atoms with Crippen molar-refractivity contribution in [3.8, 4) is 0 Å². The van der Waals surface area contributed by atoms with E-state index in [-0.39, 0.29) is 18.4 Å². The summed E-state index contributed by atoms with van der Waals surface area (Å²) in [5.41, 5.74) is 0. The minimum atomic E-state index is -0.551. The van der Waals surface area contributed by atoms with Crippen molar-refractivity contribution >= 4 is 6.29 Å². The van der Waals surface area contributed by atoms with E-state index in [1.54, 1.807) is 6.08 Å². The van der Waals surface area contributed by atoms with Crippen molar-refractivity contribution < 1.29 is 4.79 Å². The van der Waals surface area contributed by atoms with Gasteiger partial charge in [0.05, 0.1) is 0 Å². The number of rotatable bonds is 8. The molecule has 0 aromatic carbocycles. The molecule has 0 amide bonds. The molecule has 0 N–H and O–H groups in total. The molecule has 0 bridgehead atoms. The van der Waals surface area contributed by atoms with E-state index in [0.29, 0.717) is 12.7 Å². The molecule has 5 nitrogen and oxygen atoms in total. The number of hydrogen-bond donors (Lipinski definition) is 0. The van der Waals surface area contributed by atoms with Gasteiger partial charge in [-0.3, -0.25) is 4.79 Å². The van der Waals surface area contributed by atoms with Gasteiger partial charge in [-0.25, -0.2) is 0 Å². The molecule has 15 heavy (non-hydrogen) atoms. The lowest BCUT2D eigenvalue weighted by atomic mass is 9.89. The molecule has 0 radical (unpaired) electrons. The largest absolute Gasteiger partial charge is 0.299 e. The van der Waals surface area contributed by atoms with Crippen LogP contribution in [0.3, 0.4) is 0 Å². The highest BCUT2D eigenvalue weighted by Crippen LogP contribution is 2.19. The molecule has 0 fully saturated rings. The Morgan fingerprint density at radius 1 is 1.27 bits per heavy atom. The Balaban J connectivity index is 4.13. The summed E-state index contributed by atoms with van der Waals surface area (Å²) < 4.78 is 0. The van der Waals surface area contributed by atoms with Crippen LogP contribution in [0.4, 0.5) is 0 Å². The summed E-state index contributed by atoms with van der Waals surface area (Å²) in [6.07, 6.45) is 4.43. The second-order valence-corrected chi connectivity index (χ2v) is 3.66. The normalized spacial score (nSPS) is 16.9. The summed E-state index contributed by atoms with van der Waals surface area (Å²) in [7, 11) is 0. The van der Waals surface area contributed by atoms with Gasteiger partial charge in [0.25, 0.3) is 0 Å². The minimum absolute atomic E-state index is 0.0715. The standard InChI is InChI=1S/C10H16N2O3/c1-8(4-3-5-13)9(2)6-10(12-15)7-11-14/h3-5,8-10H,6-7H2,1-2H3/b4-3+/t8-,9-,10-/m0/s1. The van der Waals surface area contributed by atoms with Crippen LogP contribution in [0.1, 0.15) is 20.3 Å². The highest BCUT2D eigenvalue weighted by atomic mass is 16.3. The Morgan fingerprint density at radius 2 is 1.93 bits per heavy atom. The first-order valence-electron chi connectivity index (χ1n) is 4.89. The van der Waals surface area contributed by atoms with Gasteiger partial charge in [0.1, 0.15) is 18.9 Å². The van der Waals surface area contributed by atoms with Gasteiger partial charge in [-0.05, 0) is 24.3 Å². The van der Waals surface area contributed by atoms with Crippen molar-refractivity contribution in [2.24, 2.45) is 22.2 Å². The maximum atomic E-state index is 10.3. The van der Waals surface area contributed by atoms with E-state index in [4.69, 9.17) is 0 Å². The van der Waals surface area contributed by atoms with Crippen LogP contribution >= 0.6 is 0 Å². The average Bonchev–Trinajstić information content (AvgIpc) is 2.24. The number of nitroso groups, excluding NO2 is 2. The van der Waals surface area contributed by atoms with E-state index >= 15 is 0 Å². The first-order chi connectivity index (χ1) is 7.15. The number of aldehydes is 1. The lowest BCUT2D eigenvalue weighted by molar-refractivity contribution is -0.104. The van der Waals surface area contributed by atoms with Crippen LogP contribution in [0, 0.1) is 21.6 Å². The Labute approximate surface area is 88.9 Å². The lowest BCUT2D eigenvalue weighted by Crippen LogP contribution is -2.16. The maximum absolute atomic E-state index is 10.3. The monoisotopic (exact) mass is 212 g/mol. The van der Waals surface area contributed by atoms with Gasteiger partial charge in [-0.1, -0.05) is 30.3 Å². The molecular formula is C10H16N2O3. The van der Waals surface area contributed by atoms with E-state index in [2.05, 4.69) is 10.4 Å². The van der Waals surface area contributed by atoms with Gasteiger partial charge in [0.2, 0.25) is 0 Å². The molecular weight excluding hydrogens is 196 g/mol. The number of allylic oxidation sites excluding steroid dienone is 2. The van der Waals surface area contributed by atoms with Crippen molar-refractivity contribution in [3.05, 3.63) is 22.0 Å². The van der Waals surface area contributed by atoms with Gasteiger partial charge in [-0.15, -0.1) is 0 Å². The van der Waals surface area contributed by atoms with Gasteiger partial charge in [0.15, 0.2) is 0 Å². The highest BCUT2D eigenvalue weighted by molar-refractivity contribution is 5.64. The van der Waals surface area contributed by atoms with E-state index in [1.165, 1.54) is 6.08 Å². The topological polar surface area (TPSA) is 75.9 Å². The van der Waals surface area contributed by atoms with Crippen molar-refractivity contribution in [2.45, 2.75) is 26.3 Å². The summed E-state index contributed by atoms with van der Waals surface area (Å²) in [5, 5.41) is 5.51.